The van der Waals surface area contributed by atoms with E-state index in [4.69, 9.17) is 5.11 Å². The van der Waals surface area contributed by atoms with Gasteiger partial charge in [-0.2, -0.15) is 0 Å². The van der Waals surface area contributed by atoms with Crippen LogP contribution in [-0.4, -0.2) is 41.9 Å². The van der Waals surface area contributed by atoms with Gasteiger partial charge in [-0.1, -0.05) is 0 Å². The summed E-state index contributed by atoms with van der Waals surface area (Å²) in [5.74, 6) is -2.00. The van der Waals surface area contributed by atoms with Gasteiger partial charge in [-0.3, -0.25) is 4.79 Å². The molecule has 8 heteroatoms. The van der Waals surface area contributed by atoms with Crippen molar-refractivity contribution in [3.63, 3.8) is 0 Å². The number of H-pyrrole nitrogens is 1. The number of carboxylic acid groups (broad SMARTS) is 1. The van der Waals surface area contributed by atoms with Crippen LogP contribution in [0.25, 0.3) is 0 Å². The summed E-state index contributed by atoms with van der Waals surface area (Å²) >= 11 is 0. The van der Waals surface area contributed by atoms with Crippen LogP contribution in [0.4, 0.5) is 5.69 Å². The number of carboxylic acids is 1. The summed E-state index contributed by atoms with van der Waals surface area (Å²) in [6.45, 7) is 2.87. The molecular weight excluding hydrogens is 260 g/mol. The molecule has 0 aromatic carbocycles. The Morgan fingerprint density at radius 2 is 2.00 bits per heavy atom. The van der Waals surface area contributed by atoms with Gasteiger partial charge < -0.3 is 15.4 Å². The summed E-state index contributed by atoms with van der Waals surface area (Å²) in [4.78, 5) is 25.1. The first-order valence-corrected chi connectivity index (χ1v) is 7.01. The van der Waals surface area contributed by atoms with E-state index in [1.807, 2.05) is 0 Å². The molecule has 1 atom stereocenters. The summed E-state index contributed by atoms with van der Waals surface area (Å²) in [7, 11) is -3.52. The highest BCUT2D eigenvalue weighted by molar-refractivity contribution is 7.92. The maximum Gasteiger partial charge on any atom is 0.354 e. The highest BCUT2D eigenvalue weighted by atomic mass is 32.2. The Hall–Kier alpha value is -1.83. The number of anilines is 1. The van der Waals surface area contributed by atoms with E-state index < -0.39 is 27.0 Å². The highest BCUT2D eigenvalue weighted by Crippen LogP contribution is 2.17. The molecule has 0 radical (unpaired) electrons. The van der Waals surface area contributed by atoms with Crippen LogP contribution in [0.1, 0.15) is 23.1 Å². The molecule has 1 amide bonds. The molecule has 0 bridgehead atoms. The summed E-state index contributed by atoms with van der Waals surface area (Å²) in [6.07, 6.45) is 0.942. The van der Waals surface area contributed by atoms with Gasteiger partial charge in [0.1, 0.15) is 10.9 Å². The molecule has 0 saturated carbocycles. The minimum Gasteiger partial charge on any atom is -0.477 e. The van der Waals surface area contributed by atoms with Gasteiger partial charge >= 0.3 is 5.97 Å². The lowest BCUT2D eigenvalue weighted by Crippen LogP contribution is -2.32. The molecule has 0 fully saturated rings. The molecule has 100 valence electrons. The molecule has 1 rings (SSSR count). The molecule has 0 aliphatic rings. The number of nitrogens with one attached hydrogen (secondary N) is 2. The van der Waals surface area contributed by atoms with Gasteiger partial charge in [0.25, 0.3) is 0 Å². The molecular formula is C10H14N2O5S. The number of carbonyl (C=O) groups is 2. The Morgan fingerprint density at radius 1 is 1.44 bits per heavy atom. The van der Waals surface area contributed by atoms with Crippen molar-refractivity contribution >= 4 is 27.4 Å². The minimum absolute atomic E-state index is 0.0560. The lowest BCUT2D eigenvalue weighted by Gasteiger charge is -2.09. The van der Waals surface area contributed by atoms with E-state index in [2.05, 4.69) is 10.3 Å². The summed E-state index contributed by atoms with van der Waals surface area (Å²) in [5, 5.41) is 9.94. The van der Waals surface area contributed by atoms with E-state index in [9.17, 15) is 18.0 Å². The maximum atomic E-state index is 11.6. The highest BCUT2D eigenvalue weighted by Gasteiger charge is 2.25. The van der Waals surface area contributed by atoms with Crippen LogP contribution in [0, 0.1) is 6.92 Å². The molecule has 1 heterocycles. The van der Waals surface area contributed by atoms with Crippen molar-refractivity contribution in [1.82, 2.24) is 4.98 Å². The molecule has 3 N–H and O–H groups in total. The molecule has 0 saturated heterocycles. The van der Waals surface area contributed by atoms with Crippen molar-refractivity contribution in [2.75, 3.05) is 11.6 Å². The van der Waals surface area contributed by atoms with Gasteiger partial charge in [-0.25, -0.2) is 13.2 Å². The molecule has 1 unspecified atom stereocenters. The van der Waals surface area contributed by atoms with Crippen LogP contribution in [0.5, 0.6) is 0 Å². The predicted octanol–water partition coefficient (Wildman–Crippen LogP) is 0.393. The third-order valence-electron chi connectivity index (χ3n) is 2.44. The lowest BCUT2D eigenvalue weighted by atomic mass is 10.3. The molecule has 0 aliphatic carbocycles. The number of hydrogen-bond acceptors (Lipinski definition) is 4. The normalized spacial score (nSPS) is 13.1. The summed E-state index contributed by atoms with van der Waals surface area (Å²) in [6, 6.07) is 1.43. The van der Waals surface area contributed by atoms with Crippen molar-refractivity contribution < 1.29 is 23.1 Å². The number of sulfone groups is 1. The van der Waals surface area contributed by atoms with E-state index in [1.54, 1.807) is 6.92 Å². The van der Waals surface area contributed by atoms with Gasteiger partial charge in [0.15, 0.2) is 9.84 Å². The molecule has 1 aromatic heterocycles. The van der Waals surface area contributed by atoms with Crippen molar-refractivity contribution in [2.45, 2.75) is 19.1 Å². The number of aromatic amines is 1. The van der Waals surface area contributed by atoms with E-state index in [-0.39, 0.29) is 11.4 Å². The zero-order valence-electron chi connectivity index (χ0n) is 10.1. The van der Waals surface area contributed by atoms with Gasteiger partial charge in [-0.15, -0.1) is 0 Å². The molecule has 0 spiro atoms. The van der Waals surface area contributed by atoms with Crippen LogP contribution < -0.4 is 5.32 Å². The predicted molar refractivity (Wildman–Crippen MR) is 65.4 cm³/mol. The second-order valence-electron chi connectivity index (χ2n) is 4.01. The number of aromatic carboxylic acids is 1. The van der Waals surface area contributed by atoms with E-state index in [0.29, 0.717) is 5.69 Å². The second-order valence-corrected chi connectivity index (χ2v) is 6.37. The van der Waals surface area contributed by atoms with Crippen LogP contribution in [0.15, 0.2) is 6.07 Å². The molecule has 0 aliphatic heterocycles. The quantitative estimate of drug-likeness (QED) is 0.734. The second kappa shape index (κ2) is 4.81. The largest absolute Gasteiger partial charge is 0.477 e. The molecule has 18 heavy (non-hydrogen) atoms. The smallest absolute Gasteiger partial charge is 0.354 e. The Kier molecular flexibility index (Phi) is 3.80. The average molecular weight is 274 g/mol. The Labute approximate surface area is 104 Å². The molecule has 1 aromatic rings. The van der Waals surface area contributed by atoms with E-state index in [0.717, 1.165) is 6.26 Å². The van der Waals surface area contributed by atoms with E-state index >= 15 is 0 Å². The lowest BCUT2D eigenvalue weighted by molar-refractivity contribution is -0.115. The summed E-state index contributed by atoms with van der Waals surface area (Å²) in [5.41, 5.74) is 0.428. The zero-order valence-corrected chi connectivity index (χ0v) is 11.0. The van der Waals surface area contributed by atoms with Crippen LogP contribution in [-0.2, 0) is 14.6 Å². The first-order chi connectivity index (χ1) is 8.12. The number of rotatable bonds is 4. The fourth-order valence-electron chi connectivity index (χ4n) is 1.29. The molecule has 7 nitrogen and oxygen atoms in total. The number of aromatic nitrogens is 1. The Bertz CT molecular complexity index is 587. The van der Waals surface area contributed by atoms with Crippen molar-refractivity contribution in [2.24, 2.45) is 0 Å². The van der Waals surface area contributed by atoms with Crippen LogP contribution in [0.2, 0.25) is 0 Å². The zero-order chi connectivity index (χ0) is 14.1. The Balaban J connectivity index is 2.99. The number of amides is 1. The van der Waals surface area contributed by atoms with Crippen molar-refractivity contribution in [3.8, 4) is 0 Å². The third kappa shape index (κ3) is 3.10. The van der Waals surface area contributed by atoms with Gasteiger partial charge in [-0.05, 0) is 19.9 Å². The van der Waals surface area contributed by atoms with Gasteiger partial charge in [0, 0.05) is 11.9 Å². The first kappa shape index (κ1) is 14.2. The van der Waals surface area contributed by atoms with Crippen molar-refractivity contribution in [1.29, 1.82) is 0 Å². The van der Waals surface area contributed by atoms with Gasteiger partial charge in [0.2, 0.25) is 5.91 Å². The topological polar surface area (TPSA) is 116 Å². The standard InChI is InChI=1S/C10H14N2O5S/c1-5-4-7(8(11-5)10(14)15)12-9(13)6(2)18(3,16)17/h4,6,11H,1-3H3,(H,12,13)(H,14,15). The number of aryl methyl sites for hydroxylation is 1. The fraction of sp³-hybridized carbons (Fsp3) is 0.400. The van der Waals surface area contributed by atoms with Crippen molar-refractivity contribution in [3.05, 3.63) is 17.5 Å². The van der Waals surface area contributed by atoms with Gasteiger partial charge in [0.05, 0.1) is 5.69 Å². The SMILES string of the molecule is Cc1cc(NC(=O)C(C)S(C)(=O)=O)c(C(=O)O)[nH]1. The van der Waals surface area contributed by atoms with Crippen LogP contribution >= 0.6 is 0 Å². The average Bonchev–Trinajstić information content (AvgIpc) is 2.57. The fourth-order valence-corrected chi connectivity index (χ4v) is 1.73. The monoisotopic (exact) mass is 274 g/mol. The Morgan fingerprint density at radius 3 is 2.44 bits per heavy atom. The third-order valence-corrected chi connectivity index (χ3v) is 3.93. The summed E-state index contributed by atoms with van der Waals surface area (Å²) < 4.78 is 22.4. The first-order valence-electron chi connectivity index (χ1n) is 5.05. The number of hydrogen-bond donors (Lipinski definition) is 3. The van der Waals surface area contributed by atoms with Crippen LogP contribution in [0.3, 0.4) is 0 Å². The number of carbonyl (C=O) groups excluding carboxylic acids is 1. The minimum atomic E-state index is -3.52. The maximum absolute atomic E-state index is 11.6. The van der Waals surface area contributed by atoms with E-state index in [1.165, 1.54) is 13.0 Å².